The number of anilines is 1. The Morgan fingerprint density at radius 1 is 1.01 bits per heavy atom. The Hall–Kier alpha value is -5.33. The number of piperazine rings is 1. The summed E-state index contributed by atoms with van der Waals surface area (Å²) in [4.78, 5) is 39.8. The molecule has 3 aliphatic rings. The van der Waals surface area contributed by atoms with Gasteiger partial charge in [-0.05, 0) is 104 Å². The first kappa shape index (κ1) is 48.1. The molecule has 356 valence electrons. The normalized spacial score (nSPS) is 18.4. The number of halogens is 1. The maximum Gasteiger partial charge on any atom is 0.273 e. The molecular weight excluding hydrogens is 912 g/mol. The van der Waals surface area contributed by atoms with Crippen LogP contribution >= 0.6 is 11.6 Å². The predicted molar refractivity (Wildman–Crippen MR) is 265 cm³/mol. The van der Waals surface area contributed by atoms with Crippen LogP contribution in [0.2, 0.25) is 5.02 Å². The second-order valence-corrected chi connectivity index (χ2v) is 23.7. The van der Waals surface area contributed by atoms with Gasteiger partial charge in [0.25, 0.3) is 21.6 Å². The fourth-order valence-corrected chi connectivity index (χ4v) is 12.1. The molecule has 2 saturated heterocycles. The van der Waals surface area contributed by atoms with E-state index in [4.69, 9.17) is 16.3 Å². The number of ether oxygens (including phenoxy) is 1. The zero-order valence-corrected chi connectivity index (χ0v) is 40.9. The molecular formula is C49H59ClN8O7S2. The SMILES string of the molecule is CN=S1(=O)CCN(CC[C@H](C)Cc2ccc(S(=O)(=O)NC(=O)c3ccc(N4CCN(CC5=C(c6ccc(Cl)cc6)CC(C)(C)CC5)CC4)cc3Oc3cnc4[nH]ccc4c3)cc2[N+](=O)[O-])CC1. The van der Waals surface area contributed by atoms with Gasteiger partial charge < -0.3 is 19.5 Å². The summed E-state index contributed by atoms with van der Waals surface area (Å²) in [5, 5.41) is 13.8. The fraction of sp³-hybridized carbons (Fsp3) is 0.429. The van der Waals surface area contributed by atoms with Gasteiger partial charge in [0.05, 0.1) is 21.6 Å². The molecule has 0 saturated carbocycles. The largest absolute Gasteiger partial charge is 0.455 e. The van der Waals surface area contributed by atoms with E-state index in [1.54, 1.807) is 37.5 Å². The third kappa shape index (κ3) is 11.7. The number of pyridine rings is 1. The number of nitrogens with zero attached hydrogens (tertiary/aromatic N) is 6. The standard InChI is InChI=1S/C49H59ClN8O7S2/c1-34(15-18-55-23-25-66(62,51-4)26-24-55)27-36-7-11-42(30-45(36)58(60)61)67(63,64)54-48(59)43-12-10-40(29-46(43)65-41-28-37-14-17-52-47(37)53-32-41)57-21-19-56(20-22-57)33-38-13-16-49(2,3)31-44(38)35-5-8-39(50)9-6-35/h5-12,14,17,28-30,32,34H,13,15-16,18-27,31,33H2,1-4H3,(H,52,53)(H,54,59)/t34-/m0/s1. The Balaban J connectivity index is 0.971. The van der Waals surface area contributed by atoms with Gasteiger partial charge in [0.15, 0.2) is 0 Å². The molecule has 0 bridgehead atoms. The average Bonchev–Trinajstić information content (AvgIpc) is 3.78. The number of allylic oxidation sites excluding steroid dienone is 1. The van der Waals surface area contributed by atoms with Crippen molar-refractivity contribution in [2.45, 2.75) is 57.8 Å². The highest BCUT2D eigenvalue weighted by atomic mass is 35.5. The van der Waals surface area contributed by atoms with E-state index >= 15 is 0 Å². The molecule has 1 aliphatic carbocycles. The lowest BCUT2D eigenvalue weighted by Gasteiger charge is -2.39. The van der Waals surface area contributed by atoms with Crippen molar-refractivity contribution >= 4 is 65.2 Å². The summed E-state index contributed by atoms with van der Waals surface area (Å²) in [6, 6.07) is 20.6. The highest BCUT2D eigenvalue weighted by molar-refractivity contribution is 7.93. The maximum atomic E-state index is 14.0. The molecule has 1 atom stereocenters. The van der Waals surface area contributed by atoms with E-state index in [0.717, 1.165) is 87.1 Å². The molecule has 2 aliphatic heterocycles. The number of amides is 1. The summed E-state index contributed by atoms with van der Waals surface area (Å²) >= 11 is 6.25. The van der Waals surface area contributed by atoms with Gasteiger partial charge in [-0.15, -0.1) is 0 Å². The molecule has 2 N–H and O–H groups in total. The van der Waals surface area contributed by atoms with Crippen molar-refractivity contribution in [3.63, 3.8) is 0 Å². The van der Waals surface area contributed by atoms with Gasteiger partial charge in [-0.1, -0.05) is 56.1 Å². The molecule has 15 nitrogen and oxygen atoms in total. The molecule has 4 heterocycles. The topological polar surface area (TPSA) is 183 Å². The number of hydrogen-bond acceptors (Lipinski definition) is 12. The smallest absolute Gasteiger partial charge is 0.273 e. The van der Waals surface area contributed by atoms with E-state index in [-0.39, 0.29) is 28.3 Å². The van der Waals surface area contributed by atoms with E-state index in [0.29, 0.717) is 48.0 Å². The molecule has 1 amide bonds. The molecule has 8 rings (SSSR count). The number of aromatic nitrogens is 2. The first-order valence-corrected chi connectivity index (χ1v) is 26.5. The minimum Gasteiger partial charge on any atom is -0.455 e. The first-order chi connectivity index (χ1) is 32.0. The first-order valence-electron chi connectivity index (χ1n) is 22.8. The minimum atomic E-state index is -4.58. The summed E-state index contributed by atoms with van der Waals surface area (Å²) in [7, 11) is -5.10. The molecule has 0 spiro atoms. The molecule has 2 aromatic heterocycles. The summed E-state index contributed by atoms with van der Waals surface area (Å²) in [6.07, 6.45) is 7.57. The van der Waals surface area contributed by atoms with Crippen molar-refractivity contribution in [2.75, 3.05) is 75.8 Å². The number of nitrogens with one attached hydrogen (secondary N) is 2. The molecule has 0 radical (unpaired) electrons. The Kier molecular flexibility index (Phi) is 14.4. The number of H-pyrrole nitrogens is 1. The molecule has 2 fully saturated rings. The van der Waals surface area contributed by atoms with Gasteiger partial charge in [-0.2, -0.15) is 0 Å². The summed E-state index contributed by atoms with van der Waals surface area (Å²) in [5.41, 5.74) is 5.80. The van der Waals surface area contributed by atoms with Gasteiger partial charge >= 0.3 is 0 Å². The van der Waals surface area contributed by atoms with Gasteiger partial charge in [0.1, 0.15) is 17.1 Å². The van der Waals surface area contributed by atoms with Gasteiger partial charge in [-0.3, -0.25) is 19.8 Å². The molecule has 3 aromatic carbocycles. The maximum absolute atomic E-state index is 14.0. The van der Waals surface area contributed by atoms with E-state index in [1.165, 1.54) is 35.0 Å². The number of fused-ring (bicyclic) bond motifs is 1. The van der Waals surface area contributed by atoms with Crippen LogP contribution in [0.25, 0.3) is 16.6 Å². The number of rotatable bonds is 15. The summed E-state index contributed by atoms with van der Waals surface area (Å²) < 4.78 is 52.8. The van der Waals surface area contributed by atoms with Crippen molar-refractivity contribution in [3.8, 4) is 11.5 Å². The molecule has 0 unspecified atom stereocenters. The molecule has 18 heteroatoms. The highest BCUT2D eigenvalue weighted by Crippen LogP contribution is 2.43. The van der Waals surface area contributed by atoms with Crippen LogP contribution in [0.4, 0.5) is 11.4 Å². The van der Waals surface area contributed by atoms with Crippen molar-refractivity contribution < 1.29 is 27.1 Å². The summed E-state index contributed by atoms with van der Waals surface area (Å²) in [5.74, 6) is 0.621. The number of nitro benzene ring substituents is 1. The molecule has 5 aromatic rings. The highest BCUT2D eigenvalue weighted by Gasteiger charge is 2.31. The number of carbonyl (C=O) groups excluding carboxylic acids is 1. The van der Waals surface area contributed by atoms with Crippen molar-refractivity contribution in [1.29, 1.82) is 0 Å². The quantitative estimate of drug-likeness (QED) is 0.0755. The van der Waals surface area contributed by atoms with Gasteiger partial charge in [0.2, 0.25) is 0 Å². The van der Waals surface area contributed by atoms with Crippen molar-refractivity contribution in [3.05, 3.63) is 123 Å². The van der Waals surface area contributed by atoms with Crippen molar-refractivity contribution in [1.82, 2.24) is 24.5 Å². The van der Waals surface area contributed by atoms with Crippen LogP contribution in [-0.4, -0.2) is 114 Å². The van der Waals surface area contributed by atoms with Gasteiger partial charge in [-0.25, -0.2) is 26.7 Å². The molecule has 67 heavy (non-hydrogen) atoms. The third-order valence-corrected chi connectivity index (χ3v) is 17.3. The van der Waals surface area contributed by atoms with Crippen LogP contribution in [-0.2, 0) is 26.2 Å². The van der Waals surface area contributed by atoms with Crippen LogP contribution < -0.4 is 14.4 Å². The van der Waals surface area contributed by atoms with E-state index in [2.05, 4.69) is 59.7 Å². The Morgan fingerprint density at radius 3 is 2.48 bits per heavy atom. The average molecular weight is 972 g/mol. The number of benzene rings is 3. The zero-order valence-electron chi connectivity index (χ0n) is 38.5. The Morgan fingerprint density at radius 2 is 1.76 bits per heavy atom. The lowest BCUT2D eigenvalue weighted by molar-refractivity contribution is -0.385. The zero-order chi connectivity index (χ0) is 47.5. The number of sulfonamides is 1. The second-order valence-electron chi connectivity index (χ2n) is 18.8. The van der Waals surface area contributed by atoms with Crippen LogP contribution in [0.1, 0.15) is 67.9 Å². The Bertz CT molecular complexity index is 2910. The van der Waals surface area contributed by atoms with Gasteiger partial charge in [0, 0.05) is 114 Å². The second kappa shape index (κ2) is 20.1. The van der Waals surface area contributed by atoms with E-state index in [1.807, 2.05) is 25.1 Å². The lowest BCUT2D eigenvalue weighted by atomic mass is 9.72. The fourth-order valence-electron chi connectivity index (χ4n) is 9.31. The van der Waals surface area contributed by atoms with Crippen molar-refractivity contribution in [2.24, 2.45) is 15.7 Å². The number of nitro groups is 1. The number of hydrogen-bond donors (Lipinski definition) is 2. The minimum absolute atomic E-state index is 0.0397. The van der Waals surface area contributed by atoms with E-state index in [9.17, 15) is 27.5 Å². The van der Waals surface area contributed by atoms with Crippen LogP contribution in [0.15, 0.2) is 100 Å². The monoisotopic (exact) mass is 970 g/mol. The Labute approximate surface area is 398 Å². The lowest BCUT2D eigenvalue weighted by Crippen LogP contribution is -2.47. The summed E-state index contributed by atoms with van der Waals surface area (Å²) in [6.45, 7) is 12.7. The van der Waals surface area contributed by atoms with Crippen LogP contribution in [0.5, 0.6) is 11.5 Å². The number of carbonyl (C=O) groups is 1. The van der Waals surface area contributed by atoms with Crippen LogP contribution in [0.3, 0.4) is 0 Å². The predicted octanol–water partition coefficient (Wildman–Crippen LogP) is 8.80. The third-order valence-electron chi connectivity index (χ3n) is 13.4. The van der Waals surface area contributed by atoms with E-state index < -0.39 is 35.5 Å². The van der Waals surface area contributed by atoms with Crippen LogP contribution in [0, 0.1) is 21.4 Å². The number of aromatic amines is 1.